The maximum atomic E-state index is 14.0. The van der Waals surface area contributed by atoms with Gasteiger partial charge in [-0.25, -0.2) is 19.4 Å². The molecule has 0 aliphatic carbocycles. The van der Waals surface area contributed by atoms with Crippen molar-refractivity contribution >= 4 is 11.9 Å². The maximum absolute atomic E-state index is 14.0. The van der Waals surface area contributed by atoms with Crippen LogP contribution in [-0.4, -0.2) is 35.2 Å². The topological polar surface area (TPSA) is 104 Å². The van der Waals surface area contributed by atoms with Crippen molar-refractivity contribution < 1.29 is 27.8 Å². The van der Waals surface area contributed by atoms with Crippen LogP contribution >= 0.6 is 0 Å². The van der Waals surface area contributed by atoms with Gasteiger partial charge >= 0.3 is 5.97 Å². The standard InChI is InChI=1S/C22H25F2N3O5/c1-4-6-10-32-20-18(22(30)31-3)26(9-5-2)13-16(19(20)28)21(29)27(25)12-14-7-8-15(23)11-17(14)24/h5,7-8,11,13H,2,4,6,9-10,12,25H2,1,3H3. The molecule has 1 amide bonds. The number of hydrogen-bond acceptors (Lipinski definition) is 6. The molecule has 1 aromatic carbocycles. The van der Waals surface area contributed by atoms with E-state index in [1.807, 2.05) is 6.92 Å². The van der Waals surface area contributed by atoms with Gasteiger partial charge in [0, 0.05) is 24.4 Å². The minimum Gasteiger partial charge on any atom is -0.487 e. The second-order valence-corrected chi connectivity index (χ2v) is 6.85. The summed E-state index contributed by atoms with van der Waals surface area (Å²) < 4.78 is 38.7. The van der Waals surface area contributed by atoms with E-state index in [0.717, 1.165) is 31.9 Å². The van der Waals surface area contributed by atoms with E-state index in [0.29, 0.717) is 17.5 Å². The minimum absolute atomic E-state index is 0.0423. The molecule has 8 nitrogen and oxygen atoms in total. The monoisotopic (exact) mass is 449 g/mol. The van der Waals surface area contributed by atoms with Gasteiger partial charge in [-0.3, -0.25) is 14.6 Å². The van der Waals surface area contributed by atoms with Crippen molar-refractivity contribution in [1.82, 2.24) is 9.58 Å². The van der Waals surface area contributed by atoms with Crippen molar-refractivity contribution in [3.05, 3.63) is 75.7 Å². The molecule has 2 aromatic rings. The zero-order valence-corrected chi connectivity index (χ0v) is 17.9. The molecule has 0 unspecified atom stereocenters. The lowest BCUT2D eigenvalue weighted by atomic mass is 10.1. The Kier molecular flexibility index (Phi) is 8.65. The van der Waals surface area contributed by atoms with Gasteiger partial charge in [0.15, 0.2) is 11.4 Å². The number of rotatable bonds is 10. The smallest absolute Gasteiger partial charge is 0.358 e. The normalized spacial score (nSPS) is 10.5. The number of hydrogen-bond donors (Lipinski definition) is 1. The number of halogens is 2. The van der Waals surface area contributed by atoms with Gasteiger partial charge in [-0.05, 0) is 12.5 Å². The molecule has 2 N–H and O–H groups in total. The van der Waals surface area contributed by atoms with Crippen molar-refractivity contribution in [3.63, 3.8) is 0 Å². The van der Waals surface area contributed by atoms with Gasteiger partial charge in [-0.1, -0.05) is 25.5 Å². The summed E-state index contributed by atoms with van der Waals surface area (Å²) in [5, 5.41) is 0.624. The third-order valence-corrected chi connectivity index (χ3v) is 4.53. The summed E-state index contributed by atoms with van der Waals surface area (Å²) in [6, 6.07) is 2.83. The van der Waals surface area contributed by atoms with E-state index in [4.69, 9.17) is 15.3 Å². The molecule has 2 rings (SSSR count). The maximum Gasteiger partial charge on any atom is 0.358 e. The summed E-state index contributed by atoms with van der Waals surface area (Å²) in [7, 11) is 1.15. The summed E-state index contributed by atoms with van der Waals surface area (Å²) in [5.74, 6) is 2.02. The number of aromatic nitrogens is 1. The van der Waals surface area contributed by atoms with Crippen LogP contribution in [0.2, 0.25) is 0 Å². The molecule has 0 fully saturated rings. The Morgan fingerprint density at radius 3 is 2.62 bits per heavy atom. The summed E-state index contributed by atoms with van der Waals surface area (Å²) in [6.07, 6.45) is 3.97. The van der Waals surface area contributed by atoms with E-state index >= 15 is 0 Å². The lowest BCUT2D eigenvalue weighted by molar-refractivity contribution is 0.0579. The van der Waals surface area contributed by atoms with Gasteiger partial charge in [0.2, 0.25) is 5.43 Å². The molecule has 0 saturated carbocycles. The molecular weight excluding hydrogens is 424 g/mol. The number of carbonyl (C=O) groups is 2. The van der Waals surface area contributed by atoms with Crippen molar-refractivity contribution in [2.45, 2.75) is 32.9 Å². The number of ether oxygens (including phenoxy) is 2. The van der Waals surface area contributed by atoms with Crippen molar-refractivity contribution in [3.8, 4) is 5.75 Å². The van der Waals surface area contributed by atoms with Gasteiger partial charge in [-0.15, -0.1) is 6.58 Å². The fourth-order valence-electron chi connectivity index (χ4n) is 2.89. The second-order valence-electron chi connectivity index (χ2n) is 6.85. The number of benzene rings is 1. The average molecular weight is 449 g/mol. The summed E-state index contributed by atoms with van der Waals surface area (Å²) in [6.45, 7) is 5.30. The van der Waals surface area contributed by atoms with Crippen molar-refractivity contribution in [2.24, 2.45) is 5.84 Å². The van der Waals surface area contributed by atoms with E-state index in [1.165, 1.54) is 10.6 Å². The van der Waals surface area contributed by atoms with Crippen LogP contribution < -0.4 is 16.0 Å². The molecular formula is C22H25F2N3O5. The molecule has 0 bridgehead atoms. The minimum atomic E-state index is -0.937. The molecule has 1 aromatic heterocycles. The van der Waals surface area contributed by atoms with Crippen molar-refractivity contribution in [1.29, 1.82) is 0 Å². The largest absolute Gasteiger partial charge is 0.487 e. The second kappa shape index (κ2) is 11.2. The Hall–Kier alpha value is -3.53. The van der Waals surface area contributed by atoms with E-state index < -0.39 is 41.0 Å². The first kappa shape index (κ1) is 24.7. The predicted molar refractivity (Wildman–Crippen MR) is 113 cm³/mol. The average Bonchev–Trinajstić information content (AvgIpc) is 2.76. The summed E-state index contributed by atoms with van der Waals surface area (Å²) in [5.41, 5.74) is -1.46. The number of pyridine rings is 1. The molecule has 0 atom stereocenters. The van der Waals surface area contributed by atoms with E-state index in [1.54, 1.807) is 0 Å². The number of unbranched alkanes of at least 4 members (excludes halogenated alkanes) is 1. The first-order chi connectivity index (χ1) is 15.2. The van der Waals surface area contributed by atoms with E-state index in [9.17, 15) is 23.2 Å². The first-order valence-corrected chi connectivity index (χ1v) is 9.85. The predicted octanol–water partition coefficient (Wildman–Crippen LogP) is 2.79. The molecule has 172 valence electrons. The number of allylic oxidation sites excluding steroid dienone is 1. The summed E-state index contributed by atoms with van der Waals surface area (Å²) in [4.78, 5) is 38.4. The van der Waals surface area contributed by atoms with Crippen LogP contribution in [0, 0.1) is 11.6 Å². The highest BCUT2D eigenvalue weighted by atomic mass is 19.1. The van der Waals surface area contributed by atoms with Crippen LogP contribution in [0.15, 0.2) is 41.8 Å². The Balaban J connectivity index is 2.52. The van der Waals surface area contributed by atoms with Crippen LogP contribution in [0.5, 0.6) is 5.75 Å². The van der Waals surface area contributed by atoms with Crippen molar-refractivity contribution in [2.75, 3.05) is 13.7 Å². The zero-order chi connectivity index (χ0) is 23.8. The Labute approximate surface area is 183 Å². The highest BCUT2D eigenvalue weighted by molar-refractivity contribution is 5.96. The first-order valence-electron chi connectivity index (χ1n) is 9.85. The number of nitrogens with zero attached hydrogens (tertiary/aromatic N) is 2. The fraction of sp³-hybridized carbons (Fsp3) is 0.318. The van der Waals surface area contributed by atoms with Gasteiger partial charge in [0.05, 0.1) is 20.3 Å². The van der Waals surface area contributed by atoms with Crippen LogP contribution in [0.3, 0.4) is 0 Å². The summed E-state index contributed by atoms with van der Waals surface area (Å²) >= 11 is 0. The van der Waals surface area contributed by atoms with Crippen LogP contribution in [0.25, 0.3) is 0 Å². The van der Waals surface area contributed by atoms with Gasteiger partial charge in [0.1, 0.15) is 17.2 Å². The van der Waals surface area contributed by atoms with E-state index in [2.05, 4.69) is 6.58 Å². The number of nitrogens with two attached hydrogens (primary N) is 1. The highest BCUT2D eigenvalue weighted by Crippen LogP contribution is 2.19. The van der Waals surface area contributed by atoms with Crippen LogP contribution in [0.1, 0.15) is 46.2 Å². The van der Waals surface area contributed by atoms with Crippen LogP contribution in [0.4, 0.5) is 8.78 Å². The van der Waals surface area contributed by atoms with Crippen LogP contribution in [-0.2, 0) is 17.8 Å². The van der Waals surface area contributed by atoms with E-state index in [-0.39, 0.29) is 30.2 Å². The fourth-order valence-corrected chi connectivity index (χ4v) is 2.89. The lowest BCUT2D eigenvalue weighted by Crippen LogP contribution is -2.40. The molecule has 0 radical (unpaired) electrons. The SMILES string of the molecule is C=CCn1cc(C(=O)N(N)Cc2ccc(F)cc2F)c(=O)c(OCCCC)c1C(=O)OC. The molecule has 10 heteroatoms. The van der Waals surface area contributed by atoms with Gasteiger partial charge in [-0.2, -0.15) is 0 Å². The third kappa shape index (κ3) is 5.58. The molecule has 32 heavy (non-hydrogen) atoms. The number of carbonyl (C=O) groups excluding carboxylic acids is 2. The molecule has 0 spiro atoms. The number of amides is 1. The van der Waals surface area contributed by atoms with Gasteiger partial charge in [0.25, 0.3) is 5.91 Å². The van der Waals surface area contributed by atoms with Gasteiger partial charge < -0.3 is 14.0 Å². The Morgan fingerprint density at radius 2 is 2.03 bits per heavy atom. The Bertz CT molecular complexity index is 1070. The quantitative estimate of drug-likeness (QED) is 0.149. The Morgan fingerprint density at radius 1 is 1.31 bits per heavy atom. The zero-order valence-electron chi connectivity index (χ0n) is 17.9. The third-order valence-electron chi connectivity index (χ3n) is 4.53. The number of hydrazine groups is 1. The lowest BCUT2D eigenvalue weighted by Gasteiger charge is -2.20. The number of esters is 1. The molecule has 0 aliphatic rings. The molecule has 0 saturated heterocycles. The molecule has 0 aliphatic heterocycles. The highest BCUT2D eigenvalue weighted by Gasteiger charge is 2.27. The molecule has 1 heterocycles. The number of methoxy groups -OCH3 is 1.